The zero-order valence-electron chi connectivity index (χ0n) is 13.8. The van der Waals surface area contributed by atoms with Crippen LogP contribution in [0.15, 0.2) is 18.3 Å². The van der Waals surface area contributed by atoms with Gasteiger partial charge in [0.05, 0.1) is 24.0 Å². The van der Waals surface area contributed by atoms with Gasteiger partial charge in [0.15, 0.2) is 0 Å². The number of carbonyl (C=O) groups is 1. The van der Waals surface area contributed by atoms with E-state index in [1.54, 1.807) is 6.20 Å². The van der Waals surface area contributed by atoms with Crippen LogP contribution in [0.3, 0.4) is 0 Å². The van der Waals surface area contributed by atoms with Crippen molar-refractivity contribution >= 4 is 18.6 Å². The third-order valence-corrected chi connectivity index (χ3v) is 5.13. The number of pyridine rings is 1. The molecule has 1 saturated heterocycles. The first-order valence-electron chi connectivity index (χ1n) is 7.62. The van der Waals surface area contributed by atoms with E-state index in [0.29, 0.717) is 0 Å². The summed E-state index contributed by atoms with van der Waals surface area (Å²) in [6.45, 7) is 8.08. The third kappa shape index (κ3) is 2.25. The summed E-state index contributed by atoms with van der Waals surface area (Å²) in [5.41, 5.74) is 0.339. The smallest absolute Gasteiger partial charge is 0.468 e. The molecule has 1 aliphatic heterocycles. The molecule has 0 N–H and O–H groups in total. The molecule has 1 aliphatic carbocycles. The van der Waals surface area contributed by atoms with Crippen LogP contribution in [0.2, 0.25) is 0 Å². The Morgan fingerprint density at radius 2 is 1.77 bits per heavy atom. The van der Waals surface area contributed by atoms with Gasteiger partial charge in [0.1, 0.15) is 5.41 Å². The molecule has 22 heavy (non-hydrogen) atoms. The number of hydrogen-bond donors (Lipinski definition) is 0. The Morgan fingerprint density at radius 3 is 2.18 bits per heavy atom. The second kappa shape index (κ2) is 4.80. The molecule has 0 spiro atoms. The van der Waals surface area contributed by atoms with Crippen molar-refractivity contribution in [2.45, 2.75) is 57.2 Å². The van der Waals surface area contributed by atoms with E-state index in [9.17, 15) is 4.79 Å². The summed E-state index contributed by atoms with van der Waals surface area (Å²) in [5.74, 6) is -0.205. The highest BCUT2D eigenvalue weighted by Crippen LogP contribution is 2.48. The molecule has 5 nitrogen and oxygen atoms in total. The highest BCUT2D eigenvalue weighted by Gasteiger charge is 2.54. The molecule has 1 aromatic heterocycles. The van der Waals surface area contributed by atoms with Gasteiger partial charge in [-0.2, -0.15) is 0 Å². The summed E-state index contributed by atoms with van der Waals surface area (Å²) in [5, 5.41) is 0. The van der Waals surface area contributed by atoms with Crippen molar-refractivity contribution < 1.29 is 18.8 Å². The minimum Gasteiger partial charge on any atom is -0.468 e. The quantitative estimate of drug-likeness (QED) is 0.627. The van der Waals surface area contributed by atoms with Gasteiger partial charge < -0.3 is 14.0 Å². The van der Waals surface area contributed by atoms with Crippen molar-refractivity contribution in [3.63, 3.8) is 0 Å². The topological polar surface area (TPSA) is 57.7 Å². The predicted molar refractivity (Wildman–Crippen MR) is 82.9 cm³/mol. The van der Waals surface area contributed by atoms with E-state index in [4.69, 9.17) is 14.0 Å². The zero-order valence-corrected chi connectivity index (χ0v) is 13.8. The highest BCUT2D eigenvalue weighted by molar-refractivity contribution is 6.62. The molecule has 0 bridgehead atoms. The van der Waals surface area contributed by atoms with Crippen molar-refractivity contribution in [3.8, 4) is 0 Å². The standard InChI is InChI=1S/C16H22BNO4/c1-14(2)15(3,4)22-17(21-14)11-6-7-12(18-10-11)16(8-9-16)13(19)20-5/h6-7,10H,8-9H2,1-5H3. The number of carbonyl (C=O) groups excluding carboxylic acids is 1. The van der Waals surface area contributed by atoms with Crippen molar-refractivity contribution in [1.29, 1.82) is 0 Å². The first kappa shape index (κ1) is 15.5. The predicted octanol–water partition coefficient (Wildman–Crippen LogP) is 1.59. The fraction of sp³-hybridized carbons (Fsp3) is 0.625. The minimum absolute atomic E-state index is 0.205. The van der Waals surface area contributed by atoms with Crippen LogP contribution in [0.1, 0.15) is 46.2 Å². The van der Waals surface area contributed by atoms with Crippen LogP contribution in [0, 0.1) is 0 Å². The molecule has 2 fully saturated rings. The molecule has 1 saturated carbocycles. The van der Waals surface area contributed by atoms with Gasteiger partial charge in [-0.15, -0.1) is 0 Å². The second-order valence-corrected chi connectivity index (χ2v) is 7.14. The summed E-state index contributed by atoms with van der Waals surface area (Å²) in [4.78, 5) is 16.4. The molecular formula is C16H22BNO4. The molecule has 0 amide bonds. The molecule has 118 valence electrons. The van der Waals surface area contributed by atoms with Crippen molar-refractivity contribution in [2.75, 3.05) is 7.11 Å². The zero-order chi connectivity index (χ0) is 16.2. The number of hydrogen-bond acceptors (Lipinski definition) is 5. The lowest BCUT2D eigenvalue weighted by atomic mass is 9.80. The van der Waals surface area contributed by atoms with Crippen LogP contribution in [-0.4, -0.2) is 36.4 Å². The fourth-order valence-electron chi connectivity index (χ4n) is 2.69. The fourth-order valence-corrected chi connectivity index (χ4v) is 2.69. The normalized spacial score (nSPS) is 24.1. The average molecular weight is 303 g/mol. The molecule has 1 aromatic rings. The summed E-state index contributed by atoms with van der Waals surface area (Å²) < 4.78 is 16.9. The van der Waals surface area contributed by atoms with Gasteiger partial charge >= 0.3 is 13.1 Å². The van der Waals surface area contributed by atoms with Crippen LogP contribution >= 0.6 is 0 Å². The Morgan fingerprint density at radius 1 is 1.18 bits per heavy atom. The van der Waals surface area contributed by atoms with E-state index >= 15 is 0 Å². The number of ether oxygens (including phenoxy) is 1. The van der Waals surface area contributed by atoms with Gasteiger partial charge in [0, 0.05) is 11.7 Å². The number of methoxy groups -OCH3 is 1. The first-order valence-corrected chi connectivity index (χ1v) is 7.62. The summed E-state index contributed by atoms with van der Waals surface area (Å²) >= 11 is 0. The van der Waals surface area contributed by atoms with Gasteiger partial charge in [0.2, 0.25) is 0 Å². The van der Waals surface area contributed by atoms with Gasteiger partial charge in [-0.3, -0.25) is 9.78 Å². The number of nitrogens with zero attached hydrogens (tertiary/aromatic N) is 1. The van der Waals surface area contributed by atoms with Crippen molar-refractivity contribution in [2.24, 2.45) is 0 Å². The molecule has 0 atom stereocenters. The molecule has 2 heterocycles. The SMILES string of the molecule is COC(=O)C1(c2ccc(B3OC(C)(C)C(C)(C)O3)cn2)CC1. The number of aromatic nitrogens is 1. The average Bonchev–Trinajstić information content (AvgIpc) is 3.23. The summed E-state index contributed by atoms with van der Waals surface area (Å²) in [7, 11) is 0.987. The van der Waals surface area contributed by atoms with Gasteiger partial charge in [-0.1, -0.05) is 6.07 Å². The van der Waals surface area contributed by atoms with E-state index in [1.807, 2.05) is 39.8 Å². The maximum atomic E-state index is 11.9. The van der Waals surface area contributed by atoms with Crippen LogP contribution in [0.5, 0.6) is 0 Å². The molecular weight excluding hydrogens is 281 g/mol. The minimum atomic E-state index is -0.538. The Hall–Kier alpha value is -1.40. The van der Waals surface area contributed by atoms with Gasteiger partial charge in [-0.05, 0) is 46.6 Å². The lowest BCUT2D eigenvalue weighted by Crippen LogP contribution is -2.41. The Balaban J connectivity index is 1.81. The Labute approximate surface area is 131 Å². The third-order valence-electron chi connectivity index (χ3n) is 5.13. The van der Waals surface area contributed by atoms with E-state index < -0.39 is 12.5 Å². The van der Waals surface area contributed by atoms with Crippen LogP contribution in [-0.2, 0) is 24.3 Å². The summed E-state index contributed by atoms with van der Waals surface area (Å²) in [6, 6.07) is 3.80. The van der Waals surface area contributed by atoms with Crippen molar-refractivity contribution in [1.82, 2.24) is 4.98 Å². The molecule has 0 unspecified atom stereocenters. The molecule has 6 heteroatoms. The lowest BCUT2D eigenvalue weighted by molar-refractivity contribution is -0.143. The molecule has 2 aliphatic rings. The van der Waals surface area contributed by atoms with Crippen LogP contribution in [0.4, 0.5) is 0 Å². The van der Waals surface area contributed by atoms with E-state index in [1.165, 1.54) is 7.11 Å². The maximum Gasteiger partial charge on any atom is 0.496 e. The summed E-state index contributed by atoms with van der Waals surface area (Å²) in [6.07, 6.45) is 3.32. The second-order valence-electron chi connectivity index (χ2n) is 7.14. The van der Waals surface area contributed by atoms with E-state index in [-0.39, 0.29) is 17.2 Å². The van der Waals surface area contributed by atoms with Crippen LogP contribution < -0.4 is 5.46 Å². The largest absolute Gasteiger partial charge is 0.496 e. The van der Waals surface area contributed by atoms with E-state index in [0.717, 1.165) is 24.0 Å². The lowest BCUT2D eigenvalue weighted by Gasteiger charge is -2.32. The Bertz CT molecular complexity index is 577. The monoisotopic (exact) mass is 303 g/mol. The van der Waals surface area contributed by atoms with Gasteiger partial charge in [0.25, 0.3) is 0 Å². The van der Waals surface area contributed by atoms with Gasteiger partial charge in [-0.25, -0.2) is 0 Å². The van der Waals surface area contributed by atoms with E-state index in [2.05, 4.69) is 4.98 Å². The highest BCUT2D eigenvalue weighted by atomic mass is 16.7. The van der Waals surface area contributed by atoms with Crippen LogP contribution in [0.25, 0.3) is 0 Å². The first-order chi connectivity index (χ1) is 10.2. The number of esters is 1. The van der Waals surface area contributed by atoms with Crippen molar-refractivity contribution in [3.05, 3.63) is 24.0 Å². The molecule has 0 aromatic carbocycles. The molecule has 3 rings (SSSR count). The Kier molecular flexibility index (Phi) is 3.38. The number of rotatable bonds is 3. The molecule has 0 radical (unpaired) electrons. The maximum absolute atomic E-state index is 11.9.